The number of methoxy groups -OCH3 is 1. The average molecular weight is 238 g/mol. The zero-order valence-electron chi connectivity index (χ0n) is 11.0. The molecule has 0 aliphatic heterocycles. The molecule has 5 nitrogen and oxygen atoms in total. The van der Waals surface area contributed by atoms with E-state index in [-0.39, 0.29) is 5.95 Å². The fourth-order valence-electron chi connectivity index (χ4n) is 1.97. The van der Waals surface area contributed by atoms with Crippen molar-refractivity contribution in [3.63, 3.8) is 0 Å². The number of anilines is 2. The van der Waals surface area contributed by atoms with E-state index < -0.39 is 0 Å². The molecule has 0 aliphatic rings. The first kappa shape index (κ1) is 13.5. The number of nitrogens with one attached hydrogen (secondary N) is 1. The molecule has 3 N–H and O–H groups in total. The van der Waals surface area contributed by atoms with Crippen molar-refractivity contribution in [1.29, 1.82) is 0 Å². The van der Waals surface area contributed by atoms with Crippen molar-refractivity contribution in [3.05, 3.63) is 6.07 Å². The predicted molar refractivity (Wildman–Crippen MR) is 70.2 cm³/mol. The molecule has 1 heterocycles. The Balaban J connectivity index is 2.76. The molecule has 1 atom stereocenters. The van der Waals surface area contributed by atoms with E-state index in [0.717, 1.165) is 12.8 Å². The van der Waals surface area contributed by atoms with Gasteiger partial charge in [0, 0.05) is 12.1 Å². The van der Waals surface area contributed by atoms with Gasteiger partial charge in [0.2, 0.25) is 11.8 Å². The van der Waals surface area contributed by atoms with E-state index in [9.17, 15) is 0 Å². The fraction of sp³-hybridized carbons (Fsp3) is 0.667. The maximum Gasteiger partial charge on any atom is 0.225 e. The van der Waals surface area contributed by atoms with Gasteiger partial charge in [-0.05, 0) is 12.8 Å². The van der Waals surface area contributed by atoms with Gasteiger partial charge in [0.25, 0.3) is 0 Å². The number of hydrogen-bond acceptors (Lipinski definition) is 5. The highest BCUT2D eigenvalue weighted by molar-refractivity contribution is 5.43. The second kappa shape index (κ2) is 6.27. The van der Waals surface area contributed by atoms with Crippen molar-refractivity contribution in [1.82, 2.24) is 9.97 Å². The standard InChI is InChI=1S/C12H22N4O/c1-5-9(6-2)8(3)14-10-7-11(17-4)16-12(13)15-10/h7-9H,5-6H2,1-4H3,(H3,13,14,15,16). The number of rotatable bonds is 6. The lowest BCUT2D eigenvalue weighted by Crippen LogP contribution is -2.25. The van der Waals surface area contributed by atoms with E-state index in [1.807, 2.05) is 0 Å². The number of nitrogen functional groups attached to an aromatic ring is 1. The summed E-state index contributed by atoms with van der Waals surface area (Å²) in [4.78, 5) is 8.10. The minimum Gasteiger partial charge on any atom is -0.481 e. The highest BCUT2D eigenvalue weighted by Gasteiger charge is 2.14. The first-order valence-corrected chi connectivity index (χ1v) is 6.05. The topological polar surface area (TPSA) is 73.1 Å². The van der Waals surface area contributed by atoms with E-state index in [2.05, 4.69) is 36.1 Å². The molecule has 0 amide bonds. The number of nitrogens with two attached hydrogens (primary N) is 1. The van der Waals surface area contributed by atoms with Crippen LogP contribution in [0.5, 0.6) is 5.88 Å². The molecule has 1 unspecified atom stereocenters. The van der Waals surface area contributed by atoms with Gasteiger partial charge in [-0.3, -0.25) is 0 Å². The zero-order chi connectivity index (χ0) is 12.8. The van der Waals surface area contributed by atoms with E-state index in [4.69, 9.17) is 10.5 Å². The average Bonchev–Trinajstić information content (AvgIpc) is 2.29. The van der Waals surface area contributed by atoms with Crippen LogP contribution in [0.1, 0.15) is 33.6 Å². The van der Waals surface area contributed by atoms with E-state index in [1.54, 1.807) is 13.2 Å². The summed E-state index contributed by atoms with van der Waals surface area (Å²) in [7, 11) is 1.57. The van der Waals surface area contributed by atoms with Gasteiger partial charge < -0.3 is 15.8 Å². The smallest absolute Gasteiger partial charge is 0.225 e. The van der Waals surface area contributed by atoms with Gasteiger partial charge in [0.05, 0.1) is 7.11 Å². The summed E-state index contributed by atoms with van der Waals surface area (Å²) in [6.45, 7) is 6.55. The highest BCUT2D eigenvalue weighted by Crippen LogP contribution is 2.19. The monoisotopic (exact) mass is 238 g/mol. The fourth-order valence-corrected chi connectivity index (χ4v) is 1.97. The first-order valence-electron chi connectivity index (χ1n) is 6.05. The Morgan fingerprint density at radius 3 is 2.53 bits per heavy atom. The minimum atomic E-state index is 0.226. The third kappa shape index (κ3) is 3.76. The van der Waals surface area contributed by atoms with Crippen LogP contribution in [-0.2, 0) is 0 Å². The quantitative estimate of drug-likeness (QED) is 0.795. The molecule has 0 spiro atoms. The highest BCUT2D eigenvalue weighted by atomic mass is 16.5. The van der Waals surface area contributed by atoms with Crippen LogP contribution in [0, 0.1) is 5.92 Å². The second-order valence-electron chi connectivity index (χ2n) is 4.16. The molecule has 0 aliphatic carbocycles. The third-order valence-corrected chi connectivity index (χ3v) is 3.06. The van der Waals surface area contributed by atoms with Crippen molar-refractivity contribution in [2.24, 2.45) is 5.92 Å². The second-order valence-corrected chi connectivity index (χ2v) is 4.16. The van der Waals surface area contributed by atoms with Gasteiger partial charge in [-0.15, -0.1) is 0 Å². The predicted octanol–water partition coefficient (Wildman–Crippen LogP) is 2.30. The molecular weight excluding hydrogens is 216 g/mol. The Bertz CT molecular complexity index is 352. The van der Waals surface area contributed by atoms with Crippen LogP contribution in [0.4, 0.5) is 11.8 Å². The summed E-state index contributed by atoms with van der Waals surface area (Å²) >= 11 is 0. The third-order valence-electron chi connectivity index (χ3n) is 3.06. The van der Waals surface area contributed by atoms with Crippen molar-refractivity contribution >= 4 is 11.8 Å². The van der Waals surface area contributed by atoms with Gasteiger partial charge in [-0.25, -0.2) is 0 Å². The number of nitrogens with zero attached hydrogens (tertiary/aromatic N) is 2. The van der Waals surface area contributed by atoms with Crippen molar-refractivity contribution in [2.75, 3.05) is 18.2 Å². The van der Waals surface area contributed by atoms with Crippen LogP contribution in [0.25, 0.3) is 0 Å². The molecule has 1 aromatic rings. The molecule has 0 fully saturated rings. The van der Waals surface area contributed by atoms with Crippen LogP contribution in [0.3, 0.4) is 0 Å². The first-order chi connectivity index (χ1) is 8.10. The normalized spacial score (nSPS) is 12.5. The Morgan fingerprint density at radius 1 is 1.35 bits per heavy atom. The van der Waals surface area contributed by atoms with Crippen LogP contribution in [0.15, 0.2) is 6.07 Å². The molecule has 0 radical (unpaired) electrons. The molecule has 96 valence electrons. The summed E-state index contributed by atoms with van der Waals surface area (Å²) in [5.41, 5.74) is 5.61. The lowest BCUT2D eigenvalue weighted by Gasteiger charge is -2.23. The molecule has 5 heteroatoms. The van der Waals surface area contributed by atoms with Crippen molar-refractivity contribution in [3.8, 4) is 5.88 Å². The number of ether oxygens (including phenoxy) is 1. The van der Waals surface area contributed by atoms with Crippen LogP contribution < -0.4 is 15.8 Å². The lowest BCUT2D eigenvalue weighted by molar-refractivity contribution is 0.397. The van der Waals surface area contributed by atoms with E-state index in [1.165, 1.54) is 0 Å². The maximum absolute atomic E-state index is 5.61. The van der Waals surface area contributed by atoms with Gasteiger partial charge in [-0.1, -0.05) is 26.7 Å². The van der Waals surface area contributed by atoms with E-state index >= 15 is 0 Å². The van der Waals surface area contributed by atoms with E-state index in [0.29, 0.717) is 23.7 Å². The molecule has 0 saturated heterocycles. The Hall–Kier alpha value is -1.52. The van der Waals surface area contributed by atoms with Crippen molar-refractivity contribution in [2.45, 2.75) is 39.7 Å². The Kier molecular flexibility index (Phi) is 5.00. The molecule has 17 heavy (non-hydrogen) atoms. The van der Waals surface area contributed by atoms with Crippen molar-refractivity contribution < 1.29 is 4.74 Å². The minimum absolute atomic E-state index is 0.226. The summed E-state index contributed by atoms with van der Waals surface area (Å²) in [6, 6.07) is 2.11. The van der Waals surface area contributed by atoms with Gasteiger partial charge in [0.1, 0.15) is 5.82 Å². The number of hydrogen-bond donors (Lipinski definition) is 2. The van der Waals surface area contributed by atoms with Crippen LogP contribution in [0.2, 0.25) is 0 Å². The lowest BCUT2D eigenvalue weighted by atomic mass is 9.95. The van der Waals surface area contributed by atoms with Gasteiger partial charge in [0.15, 0.2) is 0 Å². The number of aromatic nitrogens is 2. The summed E-state index contributed by atoms with van der Waals surface area (Å²) in [5, 5.41) is 3.35. The van der Waals surface area contributed by atoms with Crippen LogP contribution >= 0.6 is 0 Å². The summed E-state index contributed by atoms with van der Waals surface area (Å²) in [5.74, 6) is 2.05. The SMILES string of the molecule is CCC(CC)C(C)Nc1cc(OC)nc(N)n1. The van der Waals surface area contributed by atoms with Gasteiger partial charge >= 0.3 is 0 Å². The Morgan fingerprint density at radius 2 is 2.00 bits per heavy atom. The molecule has 1 rings (SSSR count). The Labute approximate surface area is 103 Å². The van der Waals surface area contributed by atoms with Crippen LogP contribution in [-0.4, -0.2) is 23.1 Å². The molecule has 0 saturated carbocycles. The molecular formula is C12H22N4O. The molecule has 0 aromatic carbocycles. The zero-order valence-corrected chi connectivity index (χ0v) is 11.0. The summed E-state index contributed by atoms with van der Waals surface area (Å²) in [6.07, 6.45) is 2.28. The molecule has 1 aromatic heterocycles. The van der Waals surface area contributed by atoms with Gasteiger partial charge in [-0.2, -0.15) is 9.97 Å². The summed E-state index contributed by atoms with van der Waals surface area (Å²) < 4.78 is 5.06. The molecule has 0 bridgehead atoms. The largest absolute Gasteiger partial charge is 0.481 e. The maximum atomic E-state index is 5.61.